The van der Waals surface area contributed by atoms with Crippen LogP contribution in [0.1, 0.15) is 18.5 Å². The van der Waals surface area contributed by atoms with E-state index in [1.165, 1.54) is 38.2 Å². The van der Waals surface area contributed by atoms with Crippen LogP contribution in [0.4, 0.5) is 0 Å². The van der Waals surface area contributed by atoms with Crippen LogP contribution < -0.4 is 5.32 Å². The summed E-state index contributed by atoms with van der Waals surface area (Å²) >= 11 is 0. The van der Waals surface area contributed by atoms with Crippen molar-refractivity contribution in [3.8, 4) is 0 Å². The van der Waals surface area contributed by atoms with Gasteiger partial charge in [-0.2, -0.15) is 0 Å². The van der Waals surface area contributed by atoms with E-state index in [1.807, 2.05) is 6.20 Å². The van der Waals surface area contributed by atoms with Gasteiger partial charge in [-0.15, -0.1) is 0 Å². The molecule has 1 unspecified atom stereocenters. The number of aromatic nitrogens is 1. The molecule has 1 saturated heterocycles. The summed E-state index contributed by atoms with van der Waals surface area (Å²) in [5, 5.41) is 3.42. The van der Waals surface area contributed by atoms with E-state index in [2.05, 4.69) is 34.4 Å². The molecule has 0 aliphatic carbocycles. The standard InChI is InChI=1S/C12H21N3/c1-15(10-12-3-2-6-14-12)8-5-11-4-7-13-9-11/h2-3,6,11,13-14H,4-5,7-10H2,1H3. The Hall–Kier alpha value is -0.800. The molecule has 84 valence electrons. The van der Waals surface area contributed by atoms with Crippen molar-refractivity contribution in [3.05, 3.63) is 24.0 Å². The highest BCUT2D eigenvalue weighted by Crippen LogP contribution is 2.12. The lowest BCUT2D eigenvalue weighted by atomic mass is 10.1. The van der Waals surface area contributed by atoms with Gasteiger partial charge in [0.05, 0.1) is 0 Å². The van der Waals surface area contributed by atoms with Gasteiger partial charge in [-0.1, -0.05) is 0 Å². The largest absolute Gasteiger partial charge is 0.364 e. The van der Waals surface area contributed by atoms with Crippen LogP contribution in [0, 0.1) is 5.92 Å². The van der Waals surface area contributed by atoms with Gasteiger partial charge in [-0.05, 0) is 57.6 Å². The summed E-state index contributed by atoms with van der Waals surface area (Å²) in [5.74, 6) is 0.899. The number of H-pyrrole nitrogens is 1. The first-order valence-electron chi connectivity index (χ1n) is 5.86. The fourth-order valence-electron chi connectivity index (χ4n) is 2.20. The summed E-state index contributed by atoms with van der Waals surface area (Å²) in [6, 6.07) is 4.21. The van der Waals surface area contributed by atoms with Gasteiger partial charge < -0.3 is 15.2 Å². The van der Waals surface area contributed by atoms with Crippen LogP contribution >= 0.6 is 0 Å². The highest BCUT2D eigenvalue weighted by molar-refractivity contribution is 5.02. The van der Waals surface area contributed by atoms with E-state index < -0.39 is 0 Å². The molecule has 0 bridgehead atoms. The normalized spacial score (nSPS) is 21.3. The van der Waals surface area contributed by atoms with E-state index in [4.69, 9.17) is 0 Å². The fraction of sp³-hybridized carbons (Fsp3) is 0.667. The maximum atomic E-state index is 3.42. The van der Waals surface area contributed by atoms with Gasteiger partial charge in [0.1, 0.15) is 0 Å². The van der Waals surface area contributed by atoms with Crippen molar-refractivity contribution in [3.63, 3.8) is 0 Å². The first kappa shape index (κ1) is 10.7. The van der Waals surface area contributed by atoms with Crippen LogP contribution in [0.5, 0.6) is 0 Å². The molecule has 1 aliphatic heterocycles. The quantitative estimate of drug-likeness (QED) is 0.765. The molecule has 2 N–H and O–H groups in total. The average Bonchev–Trinajstić information content (AvgIpc) is 2.86. The van der Waals surface area contributed by atoms with E-state index in [0.717, 1.165) is 12.5 Å². The van der Waals surface area contributed by atoms with Crippen molar-refractivity contribution < 1.29 is 0 Å². The minimum absolute atomic E-state index is 0.899. The molecule has 0 saturated carbocycles. The lowest BCUT2D eigenvalue weighted by Gasteiger charge is -2.17. The van der Waals surface area contributed by atoms with Crippen LogP contribution in [0.3, 0.4) is 0 Å². The SMILES string of the molecule is CN(CCC1CCNC1)Cc1ccc[nH]1. The zero-order chi connectivity index (χ0) is 10.5. The van der Waals surface area contributed by atoms with Crippen LogP contribution in [-0.2, 0) is 6.54 Å². The molecule has 0 spiro atoms. The molecule has 0 aromatic carbocycles. The minimum Gasteiger partial charge on any atom is -0.364 e. The number of nitrogens with one attached hydrogen (secondary N) is 2. The van der Waals surface area contributed by atoms with Crippen molar-refractivity contribution in [2.45, 2.75) is 19.4 Å². The summed E-state index contributed by atoms with van der Waals surface area (Å²) in [6.45, 7) is 4.67. The molecule has 1 fully saturated rings. The fourth-order valence-corrected chi connectivity index (χ4v) is 2.20. The van der Waals surface area contributed by atoms with E-state index in [0.29, 0.717) is 0 Å². The van der Waals surface area contributed by atoms with Crippen molar-refractivity contribution in [2.24, 2.45) is 5.92 Å². The molecule has 2 heterocycles. The molecule has 0 amide bonds. The summed E-state index contributed by atoms with van der Waals surface area (Å²) < 4.78 is 0. The van der Waals surface area contributed by atoms with E-state index in [1.54, 1.807) is 0 Å². The molecule has 1 aromatic heterocycles. The highest BCUT2D eigenvalue weighted by atomic mass is 15.1. The summed E-state index contributed by atoms with van der Waals surface area (Å²) in [7, 11) is 2.20. The van der Waals surface area contributed by atoms with Gasteiger partial charge in [0, 0.05) is 18.4 Å². The second-order valence-corrected chi connectivity index (χ2v) is 4.58. The monoisotopic (exact) mass is 207 g/mol. The molecule has 3 heteroatoms. The van der Waals surface area contributed by atoms with E-state index in [9.17, 15) is 0 Å². The Morgan fingerprint density at radius 1 is 1.53 bits per heavy atom. The van der Waals surface area contributed by atoms with Crippen LogP contribution in [-0.4, -0.2) is 36.6 Å². The van der Waals surface area contributed by atoms with Crippen molar-refractivity contribution in [1.29, 1.82) is 0 Å². The number of hydrogen-bond donors (Lipinski definition) is 2. The first-order chi connectivity index (χ1) is 7.34. The average molecular weight is 207 g/mol. The summed E-state index contributed by atoms with van der Waals surface area (Å²) in [5.41, 5.74) is 1.31. The Labute approximate surface area is 91.9 Å². The van der Waals surface area contributed by atoms with Gasteiger partial charge in [0.15, 0.2) is 0 Å². The number of aromatic amines is 1. The number of nitrogens with zero attached hydrogens (tertiary/aromatic N) is 1. The third kappa shape index (κ3) is 3.36. The van der Waals surface area contributed by atoms with Gasteiger partial charge in [-0.3, -0.25) is 0 Å². The first-order valence-corrected chi connectivity index (χ1v) is 5.86. The Balaban J connectivity index is 1.66. The van der Waals surface area contributed by atoms with Gasteiger partial charge in [0.2, 0.25) is 0 Å². The third-order valence-corrected chi connectivity index (χ3v) is 3.18. The number of hydrogen-bond acceptors (Lipinski definition) is 2. The smallest absolute Gasteiger partial charge is 0.0382 e. The van der Waals surface area contributed by atoms with Gasteiger partial charge >= 0.3 is 0 Å². The second kappa shape index (κ2) is 5.33. The zero-order valence-electron chi connectivity index (χ0n) is 9.50. The minimum atomic E-state index is 0.899. The van der Waals surface area contributed by atoms with E-state index >= 15 is 0 Å². The Bertz CT molecular complexity index is 262. The maximum absolute atomic E-state index is 3.42. The molecule has 0 radical (unpaired) electrons. The Kier molecular flexibility index (Phi) is 3.80. The Morgan fingerprint density at radius 3 is 3.13 bits per heavy atom. The van der Waals surface area contributed by atoms with E-state index in [-0.39, 0.29) is 0 Å². The van der Waals surface area contributed by atoms with Crippen LogP contribution in [0.25, 0.3) is 0 Å². The second-order valence-electron chi connectivity index (χ2n) is 4.58. The Morgan fingerprint density at radius 2 is 2.47 bits per heavy atom. The molecule has 2 rings (SSSR count). The lowest BCUT2D eigenvalue weighted by molar-refractivity contribution is 0.295. The maximum Gasteiger partial charge on any atom is 0.0382 e. The molecule has 3 nitrogen and oxygen atoms in total. The molecular formula is C12H21N3. The molecular weight excluding hydrogens is 186 g/mol. The molecule has 1 atom stereocenters. The van der Waals surface area contributed by atoms with Crippen LogP contribution in [0.15, 0.2) is 18.3 Å². The number of rotatable bonds is 5. The molecule has 1 aliphatic rings. The lowest BCUT2D eigenvalue weighted by Crippen LogP contribution is -2.22. The topological polar surface area (TPSA) is 31.1 Å². The predicted octanol–water partition coefficient (Wildman–Crippen LogP) is 1.45. The third-order valence-electron chi connectivity index (χ3n) is 3.18. The summed E-state index contributed by atoms with van der Waals surface area (Å²) in [4.78, 5) is 5.63. The van der Waals surface area contributed by atoms with Gasteiger partial charge in [0.25, 0.3) is 0 Å². The molecule has 1 aromatic rings. The van der Waals surface area contributed by atoms with Crippen molar-refractivity contribution in [2.75, 3.05) is 26.7 Å². The summed E-state index contributed by atoms with van der Waals surface area (Å²) in [6.07, 6.45) is 4.67. The van der Waals surface area contributed by atoms with Crippen molar-refractivity contribution >= 4 is 0 Å². The highest BCUT2D eigenvalue weighted by Gasteiger charge is 2.14. The predicted molar refractivity (Wildman–Crippen MR) is 62.7 cm³/mol. The van der Waals surface area contributed by atoms with Crippen LogP contribution in [0.2, 0.25) is 0 Å². The molecule has 15 heavy (non-hydrogen) atoms. The van der Waals surface area contributed by atoms with Crippen molar-refractivity contribution in [1.82, 2.24) is 15.2 Å². The zero-order valence-corrected chi connectivity index (χ0v) is 9.50. The van der Waals surface area contributed by atoms with Gasteiger partial charge in [-0.25, -0.2) is 0 Å².